The molecular formula is C20H27NO5. The van der Waals surface area contributed by atoms with Gasteiger partial charge < -0.3 is 9.47 Å². The van der Waals surface area contributed by atoms with Gasteiger partial charge in [-0.1, -0.05) is 13.8 Å². The maximum Gasteiger partial charge on any atom is 0.328 e. The van der Waals surface area contributed by atoms with Crippen LogP contribution in [0, 0.1) is 5.92 Å². The Bertz CT molecular complexity index is 723. The highest BCUT2D eigenvalue weighted by Crippen LogP contribution is 2.39. The number of ether oxygens (including phenoxy) is 2. The van der Waals surface area contributed by atoms with Gasteiger partial charge in [0.2, 0.25) is 0 Å². The van der Waals surface area contributed by atoms with Gasteiger partial charge in [0.15, 0.2) is 11.4 Å². The van der Waals surface area contributed by atoms with E-state index in [9.17, 15) is 14.4 Å². The number of fused-ring (bicyclic) bond motifs is 1. The summed E-state index contributed by atoms with van der Waals surface area (Å²) in [4.78, 5) is 38.5. The van der Waals surface area contributed by atoms with Crippen LogP contribution in [0.5, 0.6) is 5.75 Å². The summed E-state index contributed by atoms with van der Waals surface area (Å²) in [5, 5.41) is 0. The summed E-state index contributed by atoms with van der Waals surface area (Å²) < 4.78 is 11.1. The first-order chi connectivity index (χ1) is 12.0. The van der Waals surface area contributed by atoms with E-state index in [1.165, 1.54) is 11.8 Å². The third-order valence-corrected chi connectivity index (χ3v) is 4.39. The lowest BCUT2D eigenvalue weighted by molar-refractivity contribution is -0.148. The fourth-order valence-corrected chi connectivity index (χ4v) is 2.73. The largest absolute Gasteiger partial charge is 0.476 e. The van der Waals surface area contributed by atoms with E-state index in [1.54, 1.807) is 39.0 Å². The normalized spacial score (nSPS) is 16.7. The zero-order chi connectivity index (χ0) is 19.6. The van der Waals surface area contributed by atoms with Gasteiger partial charge in [0.25, 0.3) is 5.91 Å². The van der Waals surface area contributed by atoms with Gasteiger partial charge in [-0.2, -0.15) is 0 Å². The molecule has 0 aromatic heterocycles. The molecule has 1 aliphatic heterocycles. The molecule has 0 radical (unpaired) electrons. The second-order valence-electron chi connectivity index (χ2n) is 7.55. The summed E-state index contributed by atoms with van der Waals surface area (Å²) in [7, 11) is 0. The van der Waals surface area contributed by atoms with Crippen molar-refractivity contribution in [1.29, 1.82) is 0 Å². The first-order valence-electron chi connectivity index (χ1n) is 8.89. The number of benzene rings is 1. The van der Waals surface area contributed by atoms with E-state index in [0.29, 0.717) is 29.5 Å². The minimum atomic E-state index is -1.11. The van der Waals surface area contributed by atoms with Gasteiger partial charge in [-0.05, 0) is 58.2 Å². The molecule has 0 fully saturated rings. The first-order valence-corrected chi connectivity index (χ1v) is 8.89. The Morgan fingerprint density at radius 2 is 1.88 bits per heavy atom. The fourth-order valence-electron chi connectivity index (χ4n) is 2.73. The molecule has 0 saturated carbocycles. The van der Waals surface area contributed by atoms with Gasteiger partial charge in [0, 0.05) is 5.56 Å². The number of Topliss-reactive ketones (excluding diaryl/α,β-unsaturated/α-hetero) is 1. The lowest BCUT2D eigenvalue weighted by Gasteiger charge is -2.40. The molecule has 1 aromatic carbocycles. The zero-order valence-electron chi connectivity index (χ0n) is 16.3. The summed E-state index contributed by atoms with van der Waals surface area (Å²) in [6, 6.07) is 4.07. The van der Waals surface area contributed by atoms with E-state index in [-0.39, 0.29) is 11.7 Å². The number of amides is 1. The lowest BCUT2D eigenvalue weighted by Crippen LogP contribution is -2.57. The Morgan fingerprint density at radius 1 is 1.23 bits per heavy atom. The Balaban J connectivity index is 2.36. The van der Waals surface area contributed by atoms with Gasteiger partial charge in [-0.15, -0.1) is 0 Å². The number of anilines is 1. The highest BCUT2D eigenvalue weighted by molar-refractivity contribution is 6.07. The topological polar surface area (TPSA) is 72.9 Å². The summed E-state index contributed by atoms with van der Waals surface area (Å²) in [6.45, 7) is 10.8. The number of hydrogen-bond acceptors (Lipinski definition) is 5. The van der Waals surface area contributed by atoms with E-state index in [1.807, 2.05) is 13.8 Å². The van der Waals surface area contributed by atoms with Crippen LogP contribution in [0.25, 0.3) is 0 Å². The number of carbonyl (C=O) groups is 3. The van der Waals surface area contributed by atoms with E-state index in [4.69, 9.17) is 9.47 Å². The molecule has 26 heavy (non-hydrogen) atoms. The maximum atomic E-state index is 12.9. The van der Waals surface area contributed by atoms with Crippen molar-refractivity contribution in [3.05, 3.63) is 23.8 Å². The predicted molar refractivity (Wildman–Crippen MR) is 98.5 cm³/mol. The quantitative estimate of drug-likeness (QED) is 0.574. The molecule has 1 amide bonds. The molecule has 6 heteroatoms. The van der Waals surface area contributed by atoms with Crippen LogP contribution in [0.4, 0.5) is 5.69 Å². The van der Waals surface area contributed by atoms with Crippen molar-refractivity contribution in [3.63, 3.8) is 0 Å². The third-order valence-electron chi connectivity index (χ3n) is 4.39. The molecule has 6 nitrogen and oxygen atoms in total. The average Bonchev–Trinajstić information content (AvgIpc) is 2.54. The highest BCUT2D eigenvalue weighted by atomic mass is 16.5. The van der Waals surface area contributed by atoms with Crippen LogP contribution in [0.2, 0.25) is 0 Å². The molecule has 0 aliphatic carbocycles. The molecule has 1 atom stereocenters. The molecule has 1 unspecified atom stereocenters. The van der Waals surface area contributed by atoms with Crippen molar-refractivity contribution in [2.75, 3.05) is 11.5 Å². The number of rotatable bonds is 6. The minimum Gasteiger partial charge on any atom is -0.476 e. The highest BCUT2D eigenvalue weighted by Gasteiger charge is 2.44. The monoisotopic (exact) mass is 361 g/mol. The van der Waals surface area contributed by atoms with Crippen molar-refractivity contribution >= 4 is 23.3 Å². The molecule has 2 rings (SSSR count). The van der Waals surface area contributed by atoms with Gasteiger partial charge in [0.05, 0.1) is 12.3 Å². The average molecular weight is 361 g/mol. The molecule has 1 heterocycles. The number of carbonyl (C=O) groups excluding carboxylic acids is 3. The SMILES string of the molecule is CC(=O)c1ccc2c(c1)N(C(C)C(=O)OCCC(C)C)C(=O)C(C)(C)O2. The molecular weight excluding hydrogens is 334 g/mol. The maximum absolute atomic E-state index is 12.9. The summed E-state index contributed by atoms with van der Waals surface area (Å²) >= 11 is 0. The van der Waals surface area contributed by atoms with Crippen LogP contribution in [-0.4, -0.2) is 35.9 Å². The Kier molecular flexibility index (Phi) is 5.74. The van der Waals surface area contributed by atoms with Crippen LogP contribution in [0.3, 0.4) is 0 Å². The van der Waals surface area contributed by atoms with Gasteiger partial charge in [-0.25, -0.2) is 4.79 Å². The van der Waals surface area contributed by atoms with Crippen LogP contribution in [-0.2, 0) is 14.3 Å². The van der Waals surface area contributed by atoms with Gasteiger partial charge in [0.1, 0.15) is 11.8 Å². The summed E-state index contributed by atoms with van der Waals surface area (Å²) in [5.41, 5.74) is -0.252. The summed E-state index contributed by atoms with van der Waals surface area (Å²) in [6.07, 6.45) is 0.756. The molecule has 0 spiro atoms. The molecule has 142 valence electrons. The zero-order valence-corrected chi connectivity index (χ0v) is 16.3. The summed E-state index contributed by atoms with van der Waals surface area (Å²) in [5.74, 6) is -0.0746. The second-order valence-corrected chi connectivity index (χ2v) is 7.55. The van der Waals surface area contributed by atoms with Crippen molar-refractivity contribution in [2.24, 2.45) is 5.92 Å². The molecule has 0 N–H and O–H groups in total. The lowest BCUT2D eigenvalue weighted by atomic mass is 10.00. The van der Waals surface area contributed by atoms with E-state index in [0.717, 1.165) is 6.42 Å². The van der Waals surface area contributed by atoms with Crippen LogP contribution in [0.1, 0.15) is 58.3 Å². The fraction of sp³-hybridized carbons (Fsp3) is 0.550. The van der Waals surface area contributed by atoms with E-state index >= 15 is 0 Å². The first kappa shape index (κ1) is 19.9. The van der Waals surface area contributed by atoms with Crippen LogP contribution >= 0.6 is 0 Å². The predicted octanol–water partition coefficient (Wildman–Crippen LogP) is 3.37. The minimum absolute atomic E-state index is 0.128. The van der Waals surface area contributed by atoms with Crippen LogP contribution < -0.4 is 9.64 Å². The molecule has 0 bridgehead atoms. The number of esters is 1. The van der Waals surface area contributed by atoms with Crippen molar-refractivity contribution in [3.8, 4) is 5.75 Å². The smallest absolute Gasteiger partial charge is 0.328 e. The number of hydrogen-bond donors (Lipinski definition) is 0. The number of ketones is 1. The van der Waals surface area contributed by atoms with Gasteiger partial charge in [-0.3, -0.25) is 14.5 Å². The Hall–Kier alpha value is -2.37. The van der Waals surface area contributed by atoms with E-state index < -0.39 is 17.6 Å². The Labute approximate surface area is 154 Å². The van der Waals surface area contributed by atoms with Crippen molar-refractivity contribution < 1.29 is 23.9 Å². The Morgan fingerprint density at radius 3 is 2.46 bits per heavy atom. The second kappa shape index (κ2) is 7.48. The number of nitrogens with zero attached hydrogens (tertiary/aromatic N) is 1. The molecule has 1 aliphatic rings. The third kappa shape index (κ3) is 4.06. The van der Waals surface area contributed by atoms with Crippen LogP contribution in [0.15, 0.2) is 18.2 Å². The van der Waals surface area contributed by atoms with Crippen molar-refractivity contribution in [2.45, 2.75) is 59.6 Å². The van der Waals surface area contributed by atoms with Crippen molar-refractivity contribution in [1.82, 2.24) is 0 Å². The van der Waals surface area contributed by atoms with E-state index in [2.05, 4.69) is 0 Å². The molecule has 1 aromatic rings. The molecule has 0 saturated heterocycles. The standard InChI is InChI=1S/C20H27NO5/c1-12(2)9-10-25-18(23)13(3)21-16-11-15(14(4)22)7-8-17(16)26-20(5,6)19(21)24/h7-8,11-13H,9-10H2,1-6H3. The van der Waals surface area contributed by atoms with Gasteiger partial charge >= 0.3 is 5.97 Å².